The third-order valence-electron chi connectivity index (χ3n) is 2.75. The quantitative estimate of drug-likeness (QED) is 0.670. The van der Waals surface area contributed by atoms with Crippen molar-refractivity contribution < 1.29 is 0 Å². The lowest BCUT2D eigenvalue weighted by Crippen LogP contribution is -1.99. The van der Waals surface area contributed by atoms with Crippen molar-refractivity contribution >= 4 is 11.6 Å². The van der Waals surface area contributed by atoms with Crippen LogP contribution in [0.15, 0.2) is 30.7 Å². The van der Waals surface area contributed by atoms with E-state index >= 15 is 0 Å². The van der Waals surface area contributed by atoms with Gasteiger partial charge in [-0.2, -0.15) is 10.2 Å². The smallest absolute Gasteiger partial charge is 0.179 e. The standard InChI is InChI=1S/C12H11ClN6/c1-18-7-8(6-15-18)9-5-11(13)17-12(16-9)10-3-4-14-19(10)2/h3-7H,1-2H3. The zero-order valence-corrected chi connectivity index (χ0v) is 11.2. The van der Waals surface area contributed by atoms with Gasteiger partial charge >= 0.3 is 0 Å². The van der Waals surface area contributed by atoms with Crippen molar-refractivity contribution in [1.82, 2.24) is 29.5 Å². The monoisotopic (exact) mass is 274 g/mol. The number of rotatable bonds is 2. The van der Waals surface area contributed by atoms with E-state index in [1.54, 1.807) is 27.8 Å². The number of halogens is 1. The van der Waals surface area contributed by atoms with E-state index in [-0.39, 0.29) is 0 Å². The Kier molecular flexibility index (Phi) is 2.79. The molecule has 0 N–H and O–H groups in total. The van der Waals surface area contributed by atoms with Gasteiger partial charge in [0.1, 0.15) is 10.8 Å². The highest BCUT2D eigenvalue weighted by Crippen LogP contribution is 2.23. The molecule has 3 rings (SSSR count). The summed E-state index contributed by atoms with van der Waals surface area (Å²) in [5.74, 6) is 0.548. The van der Waals surface area contributed by atoms with E-state index in [0.29, 0.717) is 11.0 Å². The van der Waals surface area contributed by atoms with E-state index in [1.165, 1.54) is 0 Å². The van der Waals surface area contributed by atoms with Gasteiger partial charge in [0.25, 0.3) is 0 Å². The second kappa shape index (κ2) is 4.47. The third kappa shape index (κ3) is 2.22. The molecule has 0 spiro atoms. The summed E-state index contributed by atoms with van der Waals surface area (Å²) >= 11 is 6.07. The number of aromatic nitrogens is 6. The van der Waals surface area contributed by atoms with Gasteiger partial charge in [0, 0.05) is 38.1 Å². The first kappa shape index (κ1) is 11.9. The largest absolute Gasteiger partial charge is 0.275 e. The highest BCUT2D eigenvalue weighted by Gasteiger charge is 2.11. The van der Waals surface area contributed by atoms with Crippen molar-refractivity contribution in [3.05, 3.63) is 35.9 Å². The molecule has 0 saturated carbocycles. The first-order valence-electron chi connectivity index (χ1n) is 5.65. The summed E-state index contributed by atoms with van der Waals surface area (Å²) in [5, 5.41) is 8.63. The molecule has 0 amide bonds. The van der Waals surface area contributed by atoms with Gasteiger partial charge in [-0.05, 0) is 6.07 Å². The van der Waals surface area contributed by atoms with E-state index in [2.05, 4.69) is 20.2 Å². The molecule has 3 heterocycles. The average Bonchev–Trinajstić information content (AvgIpc) is 2.97. The zero-order chi connectivity index (χ0) is 13.4. The summed E-state index contributed by atoms with van der Waals surface area (Å²) in [6, 6.07) is 3.57. The molecule has 19 heavy (non-hydrogen) atoms. The fraction of sp³-hybridized carbons (Fsp3) is 0.167. The van der Waals surface area contributed by atoms with E-state index < -0.39 is 0 Å². The molecule has 0 bridgehead atoms. The molecular formula is C12H11ClN6. The van der Waals surface area contributed by atoms with Crippen molar-refractivity contribution in [3.63, 3.8) is 0 Å². The molecule has 96 valence electrons. The van der Waals surface area contributed by atoms with Crippen LogP contribution < -0.4 is 0 Å². The minimum absolute atomic E-state index is 0.394. The van der Waals surface area contributed by atoms with Crippen LogP contribution in [-0.2, 0) is 14.1 Å². The molecular weight excluding hydrogens is 264 g/mol. The molecule has 6 nitrogen and oxygen atoms in total. The van der Waals surface area contributed by atoms with Gasteiger partial charge in [-0.25, -0.2) is 9.97 Å². The molecule has 3 aromatic heterocycles. The predicted molar refractivity (Wildman–Crippen MR) is 71.4 cm³/mol. The summed E-state index contributed by atoms with van der Waals surface area (Å²) in [7, 11) is 3.69. The Labute approximate surface area is 114 Å². The minimum Gasteiger partial charge on any atom is -0.275 e. The lowest BCUT2D eigenvalue weighted by atomic mass is 10.2. The van der Waals surface area contributed by atoms with E-state index in [0.717, 1.165) is 17.0 Å². The number of hydrogen-bond donors (Lipinski definition) is 0. The van der Waals surface area contributed by atoms with Crippen LogP contribution in [0.5, 0.6) is 0 Å². The van der Waals surface area contributed by atoms with Gasteiger partial charge in [0.2, 0.25) is 0 Å². The molecule has 7 heteroatoms. The third-order valence-corrected chi connectivity index (χ3v) is 2.94. The molecule has 0 aromatic carbocycles. The molecule has 0 aliphatic heterocycles. The fourth-order valence-electron chi connectivity index (χ4n) is 1.83. The maximum absolute atomic E-state index is 6.07. The van der Waals surface area contributed by atoms with Crippen molar-refractivity contribution in [2.75, 3.05) is 0 Å². The average molecular weight is 275 g/mol. The van der Waals surface area contributed by atoms with Gasteiger partial charge in [-0.1, -0.05) is 11.6 Å². The van der Waals surface area contributed by atoms with E-state index in [9.17, 15) is 0 Å². The van der Waals surface area contributed by atoms with Gasteiger partial charge in [-0.15, -0.1) is 0 Å². The van der Waals surface area contributed by atoms with Crippen LogP contribution in [0, 0.1) is 0 Å². The Morgan fingerprint density at radius 3 is 2.63 bits per heavy atom. The molecule has 0 aliphatic carbocycles. The van der Waals surface area contributed by atoms with Crippen molar-refractivity contribution in [1.29, 1.82) is 0 Å². The molecule has 0 fully saturated rings. The Balaban J connectivity index is 2.13. The van der Waals surface area contributed by atoms with Crippen LogP contribution in [0.2, 0.25) is 5.15 Å². The van der Waals surface area contributed by atoms with Crippen LogP contribution in [0.1, 0.15) is 0 Å². The van der Waals surface area contributed by atoms with E-state index in [1.807, 2.05) is 26.4 Å². The Bertz CT molecular complexity index is 729. The second-order valence-electron chi connectivity index (χ2n) is 4.14. The van der Waals surface area contributed by atoms with Crippen molar-refractivity contribution in [2.24, 2.45) is 14.1 Å². The molecule has 0 aliphatic rings. The fourth-order valence-corrected chi connectivity index (χ4v) is 2.01. The SMILES string of the molecule is Cn1cc(-c2cc(Cl)nc(-c3ccnn3C)n2)cn1. The number of aryl methyl sites for hydroxylation is 2. The van der Waals surface area contributed by atoms with E-state index in [4.69, 9.17) is 11.6 Å². The lowest BCUT2D eigenvalue weighted by Gasteiger charge is -2.04. The summed E-state index contributed by atoms with van der Waals surface area (Å²) in [5.41, 5.74) is 2.45. The van der Waals surface area contributed by atoms with Crippen LogP contribution >= 0.6 is 11.6 Å². The summed E-state index contributed by atoms with van der Waals surface area (Å²) in [6.45, 7) is 0. The normalized spacial score (nSPS) is 10.9. The first-order chi connectivity index (χ1) is 9.13. The molecule has 3 aromatic rings. The highest BCUT2D eigenvalue weighted by molar-refractivity contribution is 6.29. The Morgan fingerprint density at radius 1 is 1.16 bits per heavy atom. The van der Waals surface area contributed by atoms with Crippen LogP contribution in [0.25, 0.3) is 22.8 Å². The zero-order valence-electron chi connectivity index (χ0n) is 10.4. The molecule has 0 unspecified atom stereocenters. The summed E-state index contributed by atoms with van der Waals surface area (Å²) < 4.78 is 3.42. The van der Waals surface area contributed by atoms with Gasteiger partial charge < -0.3 is 0 Å². The number of hydrogen-bond acceptors (Lipinski definition) is 4. The maximum Gasteiger partial charge on any atom is 0.179 e. The predicted octanol–water partition coefficient (Wildman–Crippen LogP) is 1.93. The van der Waals surface area contributed by atoms with Crippen LogP contribution in [0.3, 0.4) is 0 Å². The van der Waals surface area contributed by atoms with Gasteiger partial charge in [0.05, 0.1) is 11.9 Å². The summed E-state index contributed by atoms with van der Waals surface area (Å²) in [6.07, 6.45) is 5.32. The first-order valence-corrected chi connectivity index (χ1v) is 6.03. The van der Waals surface area contributed by atoms with Gasteiger partial charge in [0.15, 0.2) is 5.82 Å². The maximum atomic E-state index is 6.07. The topological polar surface area (TPSA) is 61.4 Å². The Morgan fingerprint density at radius 2 is 2.00 bits per heavy atom. The summed E-state index contributed by atoms with van der Waals surface area (Å²) in [4.78, 5) is 8.75. The highest BCUT2D eigenvalue weighted by atomic mass is 35.5. The van der Waals surface area contributed by atoms with Crippen molar-refractivity contribution in [3.8, 4) is 22.8 Å². The van der Waals surface area contributed by atoms with Gasteiger partial charge in [-0.3, -0.25) is 9.36 Å². The minimum atomic E-state index is 0.394. The number of nitrogens with zero attached hydrogens (tertiary/aromatic N) is 6. The van der Waals surface area contributed by atoms with Crippen molar-refractivity contribution in [2.45, 2.75) is 0 Å². The molecule has 0 radical (unpaired) electrons. The molecule has 0 saturated heterocycles. The second-order valence-corrected chi connectivity index (χ2v) is 4.53. The Hall–Kier alpha value is -2.21. The molecule has 0 atom stereocenters. The van der Waals surface area contributed by atoms with Crippen LogP contribution in [0.4, 0.5) is 0 Å². The van der Waals surface area contributed by atoms with Crippen LogP contribution in [-0.4, -0.2) is 29.5 Å². The lowest BCUT2D eigenvalue weighted by molar-refractivity contribution is 0.767.